The summed E-state index contributed by atoms with van der Waals surface area (Å²) in [5.41, 5.74) is 2.58. The van der Waals surface area contributed by atoms with Gasteiger partial charge in [-0.3, -0.25) is 4.79 Å². The average molecular weight is 330 g/mol. The highest BCUT2D eigenvalue weighted by molar-refractivity contribution is 6.31. The molecule has 2 N–H and O–H groups in total. The highest BCUT2D eigenvalue weighted by Crippen LogP contribution is 2.27. The molecule has 1 aromatic heterocycles. The van der Waals surface area contributed by atoms with E-state index in [1.54, 1.807) is 4.57 Å². The van der Waals surface area contributed by atoms with Gasteiger partial charge in [-0.1, -0.05) is 42.0 Å². The maximum absolute atomic E-state index is 11.7. The molecule has 0 amide bonds. The van der Waals surface area contributed by atoms with E-state index in [1.807, 2.05) is 30.3 Å². The third-order valence-electron chi connectivity index (χ3n) is 3.89. The Morgan fingerprint density at radius 1 is 1.30 bits per heavy atom. The van der Waals surface area contributed by atoms with Gasteiger partial charge in [-0.2, -0.15) is 0 Å². The predicted octanol–water partition coefficient (Wildman–Crippen LogP) is 3.42. The standard InChI is InChI=1S/C18H16ClNO3/c19-17-15(11-21)20(10-16(22)18(17)23)14-8-4-7-13(9-14)12-5-2-1-3-6-12/h1-2,4-5,7-10,21-22H,3,6,11H2. The molecule has 1 heterocycles. The van der Waals surface area contributed by atoms with Gasteiger partial charge in [-0.15, -0.1) is 0 Å². The second kappa shape index (κ2) is 6.44. The van der Waals surface area contributed by atoms with Gasteiger partial charge >= 0.3 is 0 Å². The molecule has 0 unspecified atom stereocenters. The Kier molecular flexibility index (Phi) is 4.37. The molecule has 1 aliphatic carbocycles. The lowest BCUT2D eigenvalue weighted by Gasteiger charge is -2.16. The summed E-state index contributed by atoms with van der Waals surface area (Å²) in [4.78, 5) is 11.7. The first-order valence-corrected chi connectivity index (χ1v) is 7.70. The summed E-state index contributed by atoms with van der Waals surface area (Å²) in [6.07, 6.45) is 9.48. The maximum Gasteiger partial charge on any atom is 0.242 e. The largest absolute Gasteiger partial charge is 0.503 e. The molecule has 4 nitrogen and oxygen atoms in total. The summed E-state index contributed by atoms with van der Waals surface area (Å²) < 4.78 is 1.54. The van der Waals surface area contributed by atoms with Gasteiger partial charge in [-0.05, 0) is 36.1 Å². The number of hydrogen-bond donors (Lipinski definition) is 2. The van der Waals surface area contributed by atoms with Crippen LogP contribution in [0, 0.1) is 0 Å². The van der Waals surface area contributed by atoms with E-state index in [0.29, 0.717) is 0 Å². The second-order valence-electron chi connectivity index (χ2n) is 5.34. The Morgan fingerprint density at radius 2 is 2.13 bits per heavy atom. The second-order valence-corrected chi connectivity index (χ2v) is 5.72. The molecule has 2 aromatic rings. The minimum atomic E-state index is -0.678. The van der Waals surface area contributed by atoms with Crippen LogP contribution in [0.4, 0.5) is 0 Å². The molecule has 1 aromatic carbocycles. The van der Waals surface area contributed by atoms with Gasteiger partial charge in [0.15, 0.2) is 5.75 Å². The van der Waals surface area contributed by atoms with Crippen molar-refractivity contribution in [1.82, 2.24) is 4.57 Å². The lowest BCUT2D eigenvalue weighted by molar-refractivity contribution is 0.273. The number of rotatable bonds is 3. The number of allylic oxidation sites excluding steroid dienone is 4. The van der Waals surface area contributed by atoms with Crippen LogP contribution in [-0.4, -0.2) is 14.8 Å². The van der Waals surface area contributed by atoms with Gasteiger partial charge in [0.25, 0.3) is 0 Å². The van der Waals surface area contributed by atoms with E-state index in [-0.39, 0.29) is 10.7 Å². The summed E-state index contributed by atoms with van der Waals surface area (Å²) in [6, 6.07) is 7.69. The zero-order chi connectivity index (χ0) is 16.4. The number of aliphatic hydroxyl groups is 1. The molecule has 5 heteroatoms. The van der Waals surface area contributed by atoms with Crippen LogP contribution in [-0.2, 0) is 6.61 Å². The summed E-state index contributed by atoms with van der Waals surface area (Å²) >= 11 is 5.97. The molecule has 118 valence electrons. The molecule has 0 aliphatic heterocycles. The molecule has 0 atom stereocenters. The SMILES string of the molecule is O=c1c(O)cn(-c2cccc(C3=CC=CCC3)c2)c(CO)c1Cl. The minimum absolute atomic E-state index is 0.169. The Balaban J connectivity index is 2.15. The monoisotopic (exact) mass is 329 g/mol. The number of nitrogens with zero attached hydrogens (tertiary/aromatic N) is 1. The number of benzene rings is 1. The third-order valence-corrected chi connectivity index (χ3v) is 4.28. The number of pyridine rings is 1. The van der Waals surface area contributed by atoms with E-state index >= 15 is 0 Å². The van der Waals surface area contributed by atoms with Crippen LogP contribution >= 0.6 is 11.6 Å². The van der Waals surface area contributed by atoms with Gasteiger partial charge in [0, 0.05) is 5.69 Å². The number of aromatic hydroxyl groups is 1. The van der Waals surface area contributed by atoms with E-state index in [0.717, 1.165) is 24.1 Å². The molecular formula is C18H16ClNO3. The molecule has 1 aliphatic rings. The van der Waals surface area contributed by atoms with Gasteiger partial charge in [-0.25, -0.2) is 0 Å². The molecule has 0 bridgehead atoms. The first-order valence-electron chi connectivity index (χ1n) is 7.32. The minimum Gasteiger partial charge on any atom is -0.503 e. The van der Waals surface area contributed by atoms with Crippen molar-refractivity contribution in [3.05, 3.63) is 75.2 Å². The van der Waals surface area contributed by atoms with E-state index in [9.17, 15) is 15.0 Å². The Morgan fingerprint density at radius 3 is 2.83 bits per heavy atom. The van der Waals surface area contributed by atoms with Crippen molar-refractivity contribution < 1.29 is 10.2 Å². The molecule has 0 spiro atoms. The van der Waals surface area contributed by atoms with Gasteiger partial charge in [0.1, 0.15) is 5.02 Å². The number of aliphatic hydroxyl groups excluding tert-OH is 1. The number of aromatic nitrogens is 1. The highest BCUT2D eigenvalue weighted by Gasteiger charge is 2.14. The van der Waals surface area contributed by atoms with Crippen LogP contribution in [0.3, 0.4) is 0 Å². The molecule has 23 heavy (non-hydrogen) atoms. The quantitative estimate of drug-likeness (QED) is 0.907. The lowest BCUT2D eigenvalue weighted by Crippen LogP contribution is -2.13. The maximum atomic E-state index is 11.7. The van der Waals surface area contributed by atoms with Gasteiger partial charge < -0.3 is 14.8 Å². The van der Waals surface area contributed by atoms with Crippen molar-refractivity contribution in [3.63, 3.8) is 0 Å². The van der Waals surface area contributed by atoms with Crippen LogP contribution in [0.2, 0.25) is 5.02 Å². The fourth-order valence-electron chi connectivity index (χ4n) is 2.68. The Labute approximate surface area is 138 Å². The molecular weight excluding hydrogens is 314 g/mol. The van der Waals surface area contributed by atoms with E-state index in [2.05, 4.69) is 12.2 Å². The molecule has 3 rings (SSSR count). The molecule has 0 saturated carbocycles. The van der Waals surface area contributed by atoms with Crippen LogP contribution in [0.1, 0.15) is 24.1 Å². The predicted molar refractivity (Wildman–Crippen MR) is 91.0 cm³/mol. The van der Waals surface area contributed by atoms with E-state index < -0.39 is 17.8 Å². The van der Waals surface area contributed by atoms with Crippen LogP contribution in [0.15, 0.2) is 53.5 Å². The summed E-state index contributed by atoms with van der Waals surface area (Å²) in [7, 11) is 0. The molecule has 0 radical (unpaired) electrons. The highest BCUT2D eigenvalue weighted by atomic mass is 35.5. The third kappa shape index (κ3) is 2.96. The summed E-state index contributed by atoms with van der Waals surface area (Å²) in [5.74, 6) is -0.447. The van der Waals surface area contributed by atoms with Crippen LogP contribution in [0.5, 0.6) is 5.75 Å². The first-order chi connectivity index (χ1) is 11.1. The fraction of sp³-hybridized carbons (Fsp3) is 0.167. The topological polar surface area (TPSA) is 62.5 Å². The van der Waals surface area contributed by atoms with E-state index in [1.165, 1.54) is 11.8 Å². The van der Waals surface area contributed by atoms with Crippen LogP contribution in [0.25, 0.3) is 11.3 Å². The average Bonchev–Trinajstić information content (AvgIpc) is 2.60. The lowest BCUT2D eigenvalue weighted by atomic mass is 9.97. The zero-order valence-corrected chi connectivity index (χ0v) is 13.1. The molecule has 0 saturated heterocycles. The normalized spacial score (nSPS) is 13.9. The van der Waals surface area contributed by atoms with Crippen molar-refractivity contribution >= 4 is 17.2 Å². The summed E-state index contributed by atoms with van der Waals surface area (Å²) in [5, 5.41) is 19.1. The molecule has 0 fully saturated rings. The zero-order valence-electron chi connectivity index (χ0n) is 12.4. The van der Waals surface area contributed by atoms with E-state index in [4.69, 9.17) is 11.6 Å². The smallest absolute Gasteiger partial charge is 0.242 e. The van der Waals surface area contributed by atoms with Crippen molar-refractivity contribution in [2.45, 2.75) is 19.4 Å². The number of halogens is 1. The Bertz CT molecular complexity index is 865. The Hall–Kier alpha value is -2.30. The fourth-order valence-corrected chi connectivity index (χ4v) is 2.93. The van der Waals surface area contributed by atoms with Crippen molar-refractivity contribution in [3.8, 4) is 11.4 Å². The van der Waals surface area contributed by atoms with Crippen molar-refractivity contribution in [2.24, 2.45) is 0 Å². The number of hydrogen-bond acceptors (Lipinski definition) is 3. The van der Waals surface area contributed by atoms with Gasteiger partial charge in [0.05, 0.1) is 18.5 Å². The summed E-state index contributed by atoms with van der Waals surface area (Å²) in [6.45, 7) is -0.399. The van der Waals surface area contributed by atoms with Gasteiger partial charge in [0.2, 0.25) is 5.43 Å². The van der Waals surface area contributed by atoms with Crippen molar-refractivity contribution in [1.29, 1.82) is 0 Å². The van der Waals surface area contributed by atoms with Crippen molar-refractivity contribution in [2.75, 3.05) is 0 Å². The first kappa shape index (κ1) is 15.6. The van der Waals surface area contributed by atoms with Crippen LogP contribution < -0.4 is 5.43 Å².